The first-order valence-corrected chi connectivity index (χ1v) is 3.37. The van der Waals surface area contributed by atoms with E-state index in [1.807, 2.05) is 0 Å². The first-order chi connectivity index (χ1) is 4.68. The standard InChI is InChI=1S/C6H14N2O2.2ClH.Na/c7-4-2-1-3-5(8)6(9)10;;;/h5H,1-4,7-8H2,(H,9,10);2*1H;/q;;;+1/p-1/t5-;;;/m0.../s1. The number of rotatable bonds is 5. The molecule has 0 spiro atoms. The van der Waals surface area contributed by atoms with Gasteiger partial charge in [-0.1, -0.05) is 6.42 Å². The van der Waals surface area contributed by atoms with Gasteiger partial charge in [-0.15, -0.1) is 12.4 Å². The number of carboxylic acid groups (broad SMARTS) is 1. The molecule has 0 amide bonds. The molecule has 0 saturated carbocycles. The largest absolute Gasteiger partial charge is 1.00 e. The average molecular weight is 241 g/mol. The minimum absolute atomic E-state index is 0. The summed E-state index contributed by atoms with van der Waals surface area (Å²) in [5.41, 5.74) is 10.4. The Bertz CT molecular complexity index is 119. The topological polar surface area (TPSA) is 89.3 Å². The monoisotopic (exact) mass is 240 g/mol. The van der Waals surface area contributed by atoms with E-state index in [4.69, 9.17) is 16.6 Å². The van der Waals surface area contributed by atoms with Crippen molar-refractivity contribution >= 4 is 18.4 Å². The van der Waals surface area contributed by atoms with Gasteiger partial charge in [0, 0.05) is 0 Å². The summed E-state index contributed by atoms with van der Waals surface area (Å²) < 4.78 is 0. The molecule has 0 aliphatic heterocycles. The van der Waals surface area contributed by atoms with Crippen LogP contribution in [0.25, 0.3) is 0 Å². The average Bonchev–Trinajstić information content (AvgIpc) is 1.88. The van der Waals surface area contributed by atoms with Gasteiger partial charge in [0.15, 0.2) is 0 Å². The van der Waals surface area contributed by atoms with Gasteiger partial charge in [-0.05, 0) is 19.4 Å². The van der Waals surface area contributed by atoms with E-state index in [0.29, 0.717) is 13.0 Å². The van der Waals surface area contributed by atoms with Crippen LogP contribution in [0.1, 0.15) is 19.3 Å². The van der Waals surface area contributed by atoms with Crippen LogP contribution in [-0.4, -0.2) is 23.7 Å². The van der Waals surface area contributed by atoms with Crippen LogP contribution in [0, 0.1) is 0 Å². The second-order valence-electron chi connectivity index (χ2n) is 2.23. The molecule has 0 bridgehead atoms. The number of nitrogens with two attached hydrogens (primary N) is 2. The number of carbonyl (C=O) groups is 1. The summed E-state index contributed by atoms with van der Waals surface area (Å²) in [6.45, 7) is 0.604. The summed E-state index contributed by atoms with van der Waals surface area (Å²) in [6.07, 6.45) is 2.16. The molecular weight excluding hydrogens is 226 g/mol. The molecule has 7 heteroatoms. The van der Waals surface area contributed by atoms with E-state index in [9.17, 15) is 4.79 Å². The van der Waals surface area contributed by atoms with Gasteiger partial charge >= 0.3 is 35.5 Å². The third kappa shape index (κ3) is 15.7. The predicted molar refractivity (Wildman–Crippen MR) is 45.8 cm³/mol. The van der Waals surface area contributed by atoms with Gasteiger partial charge in [0.25, 0.3) is 0 Å². The van der Waals surface area contributed by atoms with E-state index in [1.165, 1.54) is 0 Å². The number of aliphatic carboxylic acids is 1. The molecule has 4 nitrogen and oxygen atoms in total. The Hall–Kier alpha value is 0.970. The third-order valence-corrected chi connectivity index (χ3v) is 1.29. The Morgan fingerprint density at radius 3 is 2.15 bits per heavy atom. The zero-order valence-corrected chi connectivity index (χ0v) is 11.3. The van der Waals surface area contributed by atoms with Crippen molar-refractivity contribution in [1.29, 1.82) is 0 Å². The Morgan fingerprint density at radius 2 is 1.85 bits per heavy atom. The smallest absolute Gasteiger partial charge is 1.00 e. The van der Waals surface area contributed by atoms with E-state index < -0.39 is 12.0 Å². The number of hydrogen-bond donors (Lipinski definition) is 3. The summed E-state index contributed by atoms with van der Waals surface area (Å²) in [5, 5.41) is 8.33. The van der Waals surface area contributed by atoms with Crippen LogP contribution in [0.2, 0.25) is 0 Å². The zero-order chi connectivity index (χ0) is 7.98. The fourth-order valence-electron chi connectivity index (χ4n) is 0.632. The van der Waals surface area contributed by atoms with E-state index in [-0.39, 0.29) is 54.4 Å². The predicted octanol–water partition coefficient (Wildman–Crippen LogP) is -6.04. The van der Waals surface area contributed by atoms with Crippen molar-refractivity contribution in [3.8, 4) is 0 Å². The van der Waals surface area contributed by atoms with Crippen molar-refractivity contribution in [1.82, 2.24) is 0 Å². The molecule has 0 saturated heterocycles. The van der Waals surface area contributed by atoms with Gasteiger partial charge in [-0.3, -0.25) is 4.79 Å². The fourth-order valence-corrected chi connectivity index (χ4v) is 0.632. The van der Waals surface area contributed by atoms with Crippen LogP contribution in [0.3, 0.4) is 0 Å². The summed E-state index contributed by atoms with van der Waals surface area (Å²) in [7, 11) is 0. The van der Waals surface area contributed by atoms with E-state index in [0.717, 1.165) is 12.8 Å². The molecular formula is C6H15Cl2N2NaO2. The fraction of sp³-hybridized carbons (Fsp3) is 0.833. The SMILES string of the molecule is Cl.NCCCC[C@H](N)C(=O)O.[Cl-].[Na+]. The molecule has 0 rings (SSSR count). The number of hydrogen-bond acceptors (Lipinski definition) is 3. The van der Waals surface area contributed by atoms with Crippen molar-refractivity contribution in [3.05, 3.63) is 0 Å². The maximum Gasteiger partial charge on any atom is 1.00 e. The molecule has 0 aliphatic rings. The molecule has 0 heterocycles. The van der Waals surface area contributed by atoms with Crippen LogP contribution in [0.5, 0.6) is 0 Å². The van der Waals surface area contributed by atoms with Gasteiger partial charge in [-0.25, -0.2) is 0 Å². The van der Waals surface area contributed by atoms with Gasteiger partial charge in [0.2, 0.25) is 0 Å². The molecule has 0 aromatic carbocycles. The van der Waals surface area contributed by atoms with Gasteiger partial charge in [-0.2, -0.15) is 0 Å². The molecule has 0 fully saturated rings. The van der Waals surface area contributed by atoms with E-state index in [1.54, 1.807) is 0 Å². The maximum absolute atomic E-state index is 10.1. The van der Waals surface area contributed by atoms with Crippen LogP contribution in [0.4, 0.5) is 0 Å². The van der Waals surface area contributed by atoms with E-state index >= 15 is 0 Å². The van der Waals surface area contributed by atoms with Crippen LogP contribution < -0.4 is 53.4 Å². The number of carboxylic acids is 1. The Morgan fingerprint density at radius 1 is 1.38 bits per heavy atom. The Kier molecular flexibility index (Phi) is 28.1. The van der Waals surface area contributed by atoms with Crippen molar-refractivity contribution in [2.75, 3.05) is 6.54 Å². The molecule has 0 aliphatic carbocycles. The number of unbranched alkanes of at least 4 members (excludes halogenated alkanes) is 1. The molecule has 13 heavy (non-hydrogen) atoms. The maximum atomic E-state index is 10.1. The third-order valence-electron chi connectivity index (χ3n) is 1.29. The molecule has 0 radical (unpaired) electrons. The van der Waals surface area contributed by atoms with Gasteiger partial charge in [0.1, 0.15) is 6.04 Å². The Labute approximate surface area is 113 Å². The van der Waals surface area contributed by atoms with Crippen LogP contribution in [-0.2, 0) is 4.79 Å². The molecule has 0 unspecified atom stereocenters. The van der Waals surface area contributed by atoms with Crippen LogP contribution in [0.15, 0.2) is 0 Å². The summed E-state index contributed by atoms with van der Waals surface area (Å²) >= 11 is 0. The second-order valence-corrected chi connectivity index (χ2v) is 2.23. The minimum atomic E-state index is -0.933. The molecule has 0 aromatic heterocycles. The first kappa shape index (κ1) is 23.6. The molecule has 5 N–H and O–H groups in total. The first-order valence-electron chi connectivity index (χ1n) is 3.37. The second kappa shape index (κ2) is 15.4. The zero-order valence-electron chi connectivity index (χ0n) is 7.70. The summed E-state index contributed by atoms with van der Waals surface area (Å²) in [5.74, 6) is -0.933. The number of halogens is 2. The van der Waals surface area contributed by atoms with Crippen molar-refractivity contribution in [2.24, 2.45) is 11.5 Å². The van der Waals surface area contributed by atoms with Crippen molar-refractivity contribution < 1.29 is 51.9 Å². The molecule has 76 valence electrons. The van der Waals surface area contributed by atoms with Gasteiger partial charge < -0.3 is 29.0 Å². The quantitative estimate of drug-likeness (QED) is 0.330. The molecule has 0 aromatic rings. The summed E-state index contributed by atoms with van der Waals surface area (Å²) in [4.78, 5) is 10.1. The van der Waals surface area contributed by atoms with Crippen molar-refractivity contribution in [2.45, 2.75) is 25.3 Å². The van der Waals surface area contributed by atoms with Crippen LogP contribution >= 0.6 is 12.4 Å². The molecule has 1 atom stereocenters. The normalized spacial score (nSPS) is 10.0. The van der Waals surface area contributed by atoms with E-state index in [2.05, 4.69) is 0 Å². The summed E-state index contributed by atoms with van der Waals surface area (Å²) in [6, 6.07) is -0.716. The van der Waals surface area contributed by atoms with Gasteiger partial charge in [0.05, 0.1) is 0 Å². The minimum Gasteiger partial charge on any atom is -1.00 e. The van der Waals surface area contributed by atoms with Crippen molar-refractivity contribution in [3.63, 3.8) is 0 Å². The Balaban J connectivity index is -0.000000135.